The lowest BCUT2D eigenvalue weighted by atomic mass is 10.1. The highest BCUT2D eigenvalue weighted by atomic mass is 27.0. The van der Waals surface area contributed by atoms with Gasteiger partial charge in [0.1, 0.15) is 6.10 Å². The molecule has 0 aliphatic rings. The van der Waals surface area contributed by atoms with Crippen LogP contribution in [0.4, 0.5) is 0 Å². The van der Waals surface area contributed by atoms with Crippen molar-refractivity contribution in [1.82, 2.24) is 0 Å². The molecule has 80 valence electrons. The van der Waals surface area contributed by atoms with Gasteiger partial charge in [-0.15, -0.1) is 0 Å². The quantitative estimate of drug-likeness (QED) is 0.272. The Labute approximate surface area is 92.6 Å². The Hall–Kier alpha value is -0.698. The van der Waals surface area contributed by atoms with E-state index in [4.69, 9.17) is 5.11 Å². The molecule has 6 heteroatoms. The van der Waals surface area contributed by atoms with E-state index in [1.165, 1.54) is 0 Å². The molecule has 0 amide bonds. The zero-order chi connectivity index (χ0) is 10.4. The molecule has 5 nitrogen and oxygen atoms in total. The Morgan fingerprint density at radius 3 is 2.21 bits per heavy atom. The monoisotopic (exact) mass is 218 g/mol. The van der Waals surface area contributed by atoms with Crippen LogP contribution in [0.5, 0.6) is 0 Å². The third kappa shape index (κ3) is 5.86. The number of hydrogen-bond acceptors (Lipinski definition) is 5. The summed E-state index contributed by atoms with van der Waals surface area (Å²) >= 11 is 0. The van der Waals surface area contributed by atoms with Gasteiger partial charge in [0.15, 0.2) is 17.4 Å². The lowest BCUT2D eigenvalue weighted by molar-refractivity contribution is -0.165. The Kier molecular flexibility index (Phi) is 8.65. The van der Waals surface area contributed by atoms with E-state index >= 15 is 0 Å². The molecule has 0 aliphatic heterocycles. The fourth-order valence-corrected chi connectivity index (χ4v) is 0.721. The Morgan fingerprint density at radius 1 is 1.36 bits per heavy atom. The predicted molar refractivity (Wildman–Crippen MR) is 52.6 cm³/mol. The molecule has 1 unspecified atom stereocenters. The highest BCUT2D eigenvalue weighted by molar-refractivity contribution is 6.36. The molecular formula is C8H15AlO5. The highest BCUT2D eigenvalue weighted by Gasteiger charge is 2.24. The normalized spacial score (nSPS) is 11.1. The highest BCUT2D eigenvalue weighted by Crippen LogP contribution is 1.99. The van der Waals surface area contributed by atoms with Crippen LogP contribution in [0.15, 0.2) is 0 Å². The Balaban J connectivity index is 0. The van der Waals surface area contributed by atoms with Crippen molar-refractivity contribution in [3.05, 3.63) is 0 Å². The van der Waals surface area contributed by atoms with Crippen molar-refractivity contribution in [3.8, 4) is 0 Å². The van der Waals surface area contributed by atoms with Gasteiger partial charge in [-0.05, 0) is 6.42 Å². The molecule has 0 aromatic heterocycles. The molecular weight excluding hydrogens is 203 g/mol. The maximum Gasteiger partial charge on any atom is 0.385 e. The molecule has 1 N–H and O–H groups in total. The van der Waals surface area contributed by atoms with Crippen molar-refractivity contribution < 1.29 is 24.2 Å². The largest absolute Gasteiger partial charge is 0.387 e. The average molecular weight is 218 g/mol. The number of aliphatic hydroxyl groups is 1. The molecule has 14 heavy (non-hydrogen) atoms. The molecule has 0 bridgehead atoms. The van der Waals surface area contributed by atoms with Crippen LogP contribution in [0.1, 0.15) is 26.7 Å². The van der Waals surface area contributed by atoms with Crippen LogP contribution in [0.3, 0.4) is 0 Å². The Morgan fingerprint density at radius 2 is 1.86 bits per heavy atom. The van der Waals surface area contributed by atoms with Gasteiger partial charge in [0, 0.05) is 6.92 Å². The van der Waals surface area contributed by atoms with Crippen molar-refractivity contribution in [2.75, 3.05) is 0 Å². The summed E-state index contributed by atoms with van der Waals surface area (Å²) in [5.41, 5.74) is 0. The van der Waals surface area contributed by atoms with Crippen molar-refractivity contribution in [2.45, 2.75) is 32.8 Å². The standard InChI is InChI=1S/C8H12O5.Al.3H/c1-3-4-6(10)7(11)8(12)13-5(2)9;;;;/h6,10H,3-4H2,1-2H3;;;;. The average Bonchev–Trinajstić information content (AvgIpc) is 2.02. The molecule has 0 saturated carbocycles. The molecule has 0 radical (unpaired) electrons. The van der Waals surface area contributed by atoms with Gasteiger partial charge in [0.25, 0.3) is 5.78 Å². The number of ketones is 1. The number of esters is 2. The predicted octanol–water partition coefficient (Wildman–Crippen LogP) is -1.38. The molecule has 0 heterocycles. The summed E-state index contributed by atoms with van der Waals surface area (Å²) in [6, 6.07) is 0. The van der Waals surface area contributed by atoms with Gasteiger partial charge < -0.3 is 9.84 Å². The molecule has 0 aliphatic carbocycles. The van der Waals surface area contributed by atoms with E-state index in [1.807, 2.05) is 0 Å². The smallest absolute Gasteiger partial charge is 0.385 e. The maximum atomic E-state index is 10.9. The van der Waals surface area contributed by atoms with Crippen molar-refractivity contribution >= 4 is 35.1 Å². The van der Waals surface area contributed by atoms with Gasteiger partial charge in [0.2, 0.25) is 0 Å². The zero-order valence-corrected chi connectivity index (χ0v) is 7.57. The van der Waals surface area contributed by atoms with Gasteiger partial charge in [-0.1, -0.05) is 13.3 Å². The fraction of sp³-hybridized carbons (Fsp3) is 0.625. The summed E-state index contributed by atoms with van der Waals surface area (Å²) in [6.07, 6.45) is -0.608. The first kappa shape index (κ1) is 15.8. The molecule has 0 aromatic carbocycles. The van der Waals surface area contributed by atoms with E-state index in [9.17, 15) is 14.4 Å². The second-order valence-corrected chi connectivity index (χ2v) is 2.55. The van der Waals surface area contributed by atoms with Gasteiger partial charge >= 0.3 is 11.9 Å². The second kappa shape index (κ2) is 7.68. The summed E-state index contributed by atoms with van der Waals surface area (Å²) in [7, 11) is 0. The summed E-state index contributed by atoms with van der Waals surface area (Å²) in [4.78, 5) is 31.9. The number of hydrogen-bond donors (Lipinski definition) is 1. The van der Waals surface area contributed by atoms with Crippen LogP contribution in [0.2, 0.25) is 0 Å². The first-order valence-electron chi connectivity index (χ1n) is 3.93. The molecule has 0 spiro atoms. The van der Waals surface area contributed by atoms with E-state index in [2.05, 4.69) is 4.74 Å². The third-order valence-electron chi connectivity index (χ3n) is 1.30. The van der Waals surface area contributed by atoms with E-state index < -0.39 is 23.8 Å². The number of aliphatic hydroxyl groups excluding tert-OH is 1. The minimum atomic E-state index is -1.36. The van der Waals surface area contributed by atoms with Crippen molar-refractivity contribution in [1.29, 1.82) is 0 Å². The fourth-order valence-electron chi connectivity index (χ4n) is 0.721. The summed E-state index contributed by atoms with van der Waals surface area (Å²) in [5, 5.41) is 9.04. The van der Waals surface area contributed by atoms with E-state index in [0.717, 1.165) is 6.92 Å². The zero-order valence-electron chi connectivity index (χ0n) is 7.57. The number of ether oxygens (including phenoxy) is 1. The number of carbonyl (C=O) groups is 3. The first-order chi connectivity index (χ1) is 5.99. The lowest BCUT2D eigenvalue weighted by Crippen LogP contribution is -2.30. The molecule has 1 atom stereocenters. The van der Waals surface area contributed by atoms with E-state index in [0.29, 0.717) is 6.42 Å². The van der Waals surface area contributed by atoms with E-state index in [1.54, 1.807) is 6.92 Å². The minimum Gasteiger partial charge on any atom is -0.387 e. The van der Waals surface area contributed by atoms with Gasteiger partial charge in [0.05, 0.1) is 0 Å². The van der Waals surface area contributed by atoms with Crippen molar-refractivity contribution in [3.63, 3.8) is 0 Å². The number of Topliss-reactive ketones (excluding diaryl/α,β-unsaturated/α-hetero) is 1. The second-order valence-electron chi connectivity index (χ2n) is 2.55. The Bertz CT molecular complexity index is 226. The molecule has 0 saturated heterocycles. The topological polar surface area (TPSA) is 80.7 Å². The van der Waals surface area contributed by atoms with E-state index in [-0.39, 0.29) is 23.8 Å². The maximum absolute atomic E-state index is 10.9. The molecule has 0 fully saturated rings. The SMILES string of the molecule is CCCC(O)C(=O)C(=O)OC(C)=O.[AlH3]. The van der Waals surface area contributed by atoms with Crippen LogP contribution < -0.4 is 0 Å². The molecule has 0 aromatic rings. The van der Waals surface area contributed by atoms with Gasteiger partial charge in [-0.25, -0.2) is 4.79 Å². The number of carbonyl (C=O) groups excluding carboxylic acids is 3. The summed E-state index contributed by atoms with van der Waals surface area (Å²) in [5.74, 6) is -3.23. The lowest BCUT2D eigenvalue weighted by Gasteiger charge is -2.05. The molecule has 0 rings (SSSR count). The van der Waals surface area contributed by atoms with Crippen LogP contribution in [-0.2, 0) is 19.1 Å². The van der Waals surface area contributed by atoms with Gasteiger partial charge in [-0.2, -0.15) is 0 Å². The minimum absolute atomic E-state index is 0. The summed E-state index contributed by atoms with van der Waals surface area (Å²) in [6.45, 7) is 2.77. The van der Waals surface area contributed by atoms with Crippen LogP contribution in [0.25, 0.3) is 0 Å². The number of rotatable bonds is 4. The first-order valence-corrected chi connectivity index (χ1v) is 3.93. The van der Waals surface area contributed by atoms with Crippen molar-refractivity contribution in [2.24, 2.45) is 0 Å². The third-order valence-corrected chi connectivity index (χ3v) is 1.30. The van der Waals surface area contributed by atoms with Crippen LogP contribution >= 0.6 is 0 Å². The summed E-state index contributed by atoms with van der Waals surface area (Å²) < 4.78 is 3.99. The van der Waals surface area contributed by atoms with Crippen LogP contribution in [-0.4, -0.2) is 46.3 Å². The van der Waals surface area contributed by atoms with Crippen LogP contribution in [0, 0.1) is 0 Å². The van der Waals surface area contributed by atoms with Gasteiger partial charge in [-0.3, -0.25) is 9.59 Å².